The molecule has 0 saturated heterocycles. The minimum absolute atomic E-state index is 0.822. The number of hydrogen-bond donors (Lipinski definition) is 1. The summed E-state index contributed by atoms with van der Waals surface area (Å²) < 4.78 is 0. The Bertz CT molecular complexity index is 392. The molecule has 88 valence electrons. The molecule has 3 heteroatoms. The summed E-state index contributed by atoms with van der Waals surface area (Å²) in [4.78, 5) is 13.2. The predicted molar refractivity (Wildman–Crippen MR) is 64.6 cm³/mol. The summed E-state index contributed by atoms with van der Waals surface area (Å²) in [6, 6.07) is 5.91. The normalized spacial score (nSPS) is 14.9. The Morgan fingerprint density at radius 3 is 1.94 bits per heavy atom. The second-order valence-electron chi connectivity index (χ2n) is 4.65. The highest BCUT2D eigenvalue weighted by atomic mass is 16.4. The zero-order valence-electron chi connectivity index (χ0n) is 10.5. The van der Waals surface area contributed by atoms with Crippen molar-refractivity contribution < 1.29 is 9.90 Å². The number of rotatable bonds is 3. The van der Waals surface area contributed by atoms with Crippen molar-refractivity contribution in [1.29, 1.82) is 0 Å². The third-order valence-electron chi connectivity index (χ3n) is 3.09. The van der Waals surface area contributed by atoms with Gasteiger partial charge in [-0.25, -0.2) is 4.79 Å². The molecule has 3 nitrogen and oxygen atoms in total. The Kier molecular flexibility index (Phi) is 3.38. The van der Waals surface area contributed by atoms with Crippen molar-refractivity contribution in [3.8, 4) is 0 Å². The monoisotopic (exact) mass is 221 g/mol. The van der Waals surface area contributed by atoms with Gasteiger partial charge in [0.1, 0.15) is 5.54 Å². The Morgan fingerprint density at radius 1 is 1.19 bits per heavy atom. The highest BCUT2D eigenvalue weighted by molar-refractivity contribution is 5.80. The van der Waals surface area contributed by atoms with E-state index in [1.807, 2.05) is 32.0 Å². The Hall–Kier alpha value is -1.35. The van der Waals surface area contributed by atoms with Gasteiger partial charge in [0.05, 0.1) is 0 Å². The molecule has 1 N–H and O–H groups in total. The first-order valence-corrected chi connectivity index (χ1v) is 5.28. The number of benzene rings is 1. The minimum atomic E-state index is -0.975. The van der Waals surface area contributed by atoms with Crippen molar-refractivity contribution in [2.24, 2.45) is 0 Å². The highest BCUT2D eigenvalue weighted by Crippen LogP contribution is 2.28. The van der Waals surface area contributed by atoms with Gasteiger partial charge in [-0.15, -0.1) is 0 Å². The SMILES string of the molecule is Cc1cc(C)cc(C(C)(C(=O)O)N(C)C)c1. The molecule has 0 spiro atoms. The van der Waals surface area contributed by atoms with E-state index in [-0.39, 0.29) is 0 Å². The van der Waals surface area contributed by atoms with Crippen LogP contribution < -0.4 is 0 Å². The van der Waals surface area contributed by atoms with Gasteiger partial charge in [-0.3, -0.25) is 4.90 Å². The minimum Gasteiger partial charge on any atom is -0.480 e. The predicted octanol–water partition coefficient (Wildman–Crippen LogP) is 2.16. The molecule has 0 aliphatic carbocycles. The Morgan fingerprint density at radius 2 is 1.62 bits per heavy atom. The lowest BCUT2D eigenvalue weighted by molar-refractivity contribution is -0.149. The van der Waals surface area contributed by atoms with Crippen LogP contribution in [0.1, 0.15) is 23.6 Å². The van der Waals surface area contributed by atoms with Crippen molar-refractivity contribution in [2.75, 3.05) is 14.1 Å². The average molecular weight is 221 g/mol. The van der Waals surface area contributed by atoms with Crippen molar-refractivity contribution in [3.05, 3.63) is 34.9 Å². The Balaban J connectivity index is 3.38. The maximum absolute atomic E-state index is 11.4. The summed E-state index contributed by atoms with van der Waals surface area (Å²) in [6.45, 7) is 5.69. The van der Waals surface area contributed by atoms with Gasteiger partial charge < -0.3 is 5.11 Å². The maximum Gasteiger partial charge on any atom is 0.328 e. The third kappa shape index (κ3) is 2.09. The molecule has 1 unspecified atom stereocenters. The van der Waals surface area contributed by atoms with E-state index in [1.54, 1.807) is 25.9 Å². The fourth-order valence-electron chi connectivity index (χ4n) is 1.83. The van der Waals surface area contributed by atoms with Gasteiger partial charge in [0.2, 0.25) is 0 Å². The number of hydrogen-bond acceptors (Lipinski definition) is 2. The maximum atomic E-state index is 11.4. The quantitative estimate of drug-likeness (QED) is 0.850. The van der Waals surface area contributed by atoms with E-state index in [4.69, 9.17) is 0 Å². The van der Waals surface area contributed by atoms with Crippen LogP contribution in [0.2, 0.25) is 0 Å². The van der Waals surface area contributed by atoms with Crippen LogP contribution in [-0.2, 0) is 10.3 Å². The molecular weight excluding hydrogens is 202 g/mol. The second-order valence-corrected chi connectivity index (χ2v) is 4.65. The van der Waals surface area contributed by atoms with Crippen LogP contribution in [0.15, 0.2) is 18.2 Å². The molecule has 0 aliphatic heterocycles. The molecule has 1 aromatic carbocycles. The summed E-state index contributed by atoms with van der Waals surface area (Å²) in [5.41, 5.74) is 2.02. The fraction of sp³-hybridized carbons (Fsp3) is 0.462. The third-order valence-corrected chi connectivity index (χ3v) is 3.09. The summed E-state index contributed by atoms with van der Waals surface area (Å²) >= 11 is 0. The number of likely N-dealkylation sites (N-methyl/N-ethyl adjacent to an activating group) is 1. The van der Waals surface area contributed by atoms with E-state index >= 15 is 0 Å². The molecule has 1 aromatic rings. The van der Waals surface area contributed by atoms with Gasteiger partial charge in [-0.05, 0) is 40.4 Å². The molecule has 0 aromatic heterocycles. The van der Waals surface area contributed by atoms with Crippen LogP contribution in [0.25, 0.3) is 0 Å². The zero-order valence-corrected chi connectivity index (χ0v) is 10.5. The van der Waals surface area contributed by atoms with Gasteiger partial charge >= 0.3 is 5.97 Å². The van der Waals surface area contributed by atoms with Gasteiger partial charge in [-0.1, -0.05) is 29.3 Å². The van der Waals surface area contributed by atoms with Crippen LogP contribution in [0.3, 0.4) is 0 Å². The van der Waals surface area contributed by atoms with Crippen molar-refractivity contribution >= 4 is 5.97 Å². The number of carboxylic acids is 1. The van der Waals surface area contributed by atoms with Gasteiger partial charge in [0, 0.05) is 0 Å². The van der Waals surface area contributed by atoms with Gasteiger partial charge in [-0.2, -0.15) is 0 Å². The van der Waals surface area contributed by atoms with E-state index in [2.05, 4.69) is 0 Å². The molecule has 16 heavy (non-hydrogen) atoms. The Labute approximate surface area is 96.7 Å². The first-order valence-electron chi connectivity index (χ1n) is 5.28. The zero-order chi connectivity index (χ0) is 12.5. The second kappa shape index (κ2) is 4.26. The molecule has 0 saturated carbocycles. The lowest BCUT2D eigenvalue weighted by Gasteiger charge is -2.33. The fourth-order valence-corrected chi connectivity index (χ4v) is 1.83. The van der Waals surface area contributed by atoms with Gasteiger partial charge in [0.25, 0.3) is 0 Å². The van der Waals surface area contributed by atoms with Crippen molar-refractivity contribution in [1.82, 2.24) is 4.90 Å². The van der Waals surface area contributed by atoms with Crippen molar-refractivity contribution in [2.45, 2.75) is 26.3 Å². The number of carboxylic acid groups (broad SMARTS) is 1. The summed E-state index contributed by atoms with van der Waals surface area (Å²) in [5, 5.41) is 9.40. The van der Waals surface area contributed by atoms with Crippen LogP contribution >= 0.6 is 0 Å². The van der Waals surface area contributed by atoms with Crippen LogP contribution in [0.5, 0.6) is 0 Å². The topological polar surface area (TPSA) is 40.5 Å². The highest BCUT2D eigenvalue weighted by Gasteiger charge is 2.37. The number of aryl methyl sites for hydroxylation is 2. The van der Waals surface area contributed by atoms with E-state index < -0.39 is 11.5 Å². The lowest BCUT2D eigenvalue weighted by Crippen LogP contribution is -2.45. The molecule has 0 radical (unpaired) electrons. The average Bonchev–Trinajstić information content (AvgIpc) is 2.14. The van der Waals surface area contributed by atoms with Crippen LogP contribution in [0, 0.1) is 13.8 Å². The first-order chi connectivity index (χ1) is 7.28. The summed E-state index contributed by atoms with van der Waals surface area (Å²) in [6.07, 6.45) is 0. The van der Waals surface area contributed by atoms with Crippen molar-refractivity contribution in [3.63, 3.8) is 0 Å². The molecule has 0 fully saturated rings. The molecule has 0 aliphatic rings. The lowest BCUT2D eigenvalue weighted by atomic mass is 9.88. The molecule has 1 rings (SSSR count). The van der Waals surface area contributed by atoms with Crippen LogP contribution in [0.4, 0.5) is 0 Å². The summed E-state index contributed by atoms with van der Waals surface area (Å²) in [5.74, 6) is -0.831. The summed E-state index contributed by atoms with van der Waals surface area (Å²) in [7, 11) is 3.57. The largest absolute Gasteiger partial charge is 0.480 e. The van der Waals surface area contributed by atoms with E-state index in [0.717, 1.165) is 16.7 Å². The molecule has 0 amide bonds. The van der Waals surface area contributed by atoms with Gasteiger partial charge in [0.15, 0.2) is 0 Å². The van der Waals surface area contributed by atoms with E-state index in [1.165, 1.54) is 0 Å². The van der Waals surface area contributed by atoms with E-state index in [9.17, 15) is 9.90 Å². The number of carbonyl (C=O) groups is 1. The first kappa shape index (κ1) is 12.7. The standard InChI is InChI=1S/C13H19NO2/c1-9-6-10(2)8-11(7-9)13(3,12(15)16)14(4)5/h6-8H,1-5H3,(H,15,16). The number of aliphatic carboxylic acids is 1. The smallest absolute Gasteiger partial charge is 0.328 e. The number of nitrogens with zero attached hydrogens (tertiary/aromatic N) is 1. The molecular formula is C13H19NO2. The van der Waals surface area contributed by atoms with E-state index in [0.29, 0.717) is 0 Å². The molecule has 0 heterocycles. The molecule has 0 bridgehead atoms. The van der Waals surface area contributed by atoms with Crippen LogP contribution in [-0.4, -0.2) is 30.1 Å². The molecule has 1 atom stereocenters.